The number of aliphatic hydroxyl groups is 1. The lowest BCUT2D eigenvalue weighted by Crippen LogP contribution is -2.09. The Morgan fingerprint density at radius 2 is 1.42 bits per heavy atom. The van der Waals surface area contributed by atoms with Crippen molar-refractivity contribution in [1.29, 1.82) is 0 Å². The van der Waals surface area contributed by atoms with Crippen LogP contribution in [0.1, 0.15) is 65.7 Å². The van der Waals surface area contributed by atoms with Crippen LogP contribution in [0.15, 0.2) is 0 Å². The Kier molecular flexibility index (Phi) is 10.6. The van der Waals surface area contributed by atoms with Crippen molar-refractivity contribution < 1.29 is 19.4 Å². The van der Waals surface area contributed by atoms with Crippen molar-refractivity contribution >= 4 is 6.16 Å². The van der Waals surface area contributed by atoms with Crippen molar-refractivity contribution in [3.63, 3.8) is 0 Å². The average molecular weight is 274 g/mol. The van der Waals surface area contributed by atoms with Crippen molar-refractivity contribution in [2.45, 2.75) is 65.7 Å². The van der Waals surface area contributed by atoms with E-state index in [1.165, 1.54) is 19.3 Å². The monoisotopic (exact) mass is 274 g/mol. The molecule has 4 nitrogen and oxygen atoms in total. The highest BCUT2D eigenvalue weighted by Crippen LogP contribution is 2.22. The molecule has 0 amide bonds. The fourth-order valence-corrected chi connectivity index (χ4v) is 1.68. The van der Waals surface area contributed by atoms with Crippen LogP contribution in [0.2, 0.25) is 0 Å². The second-order valence-corrected chi connectivity index (χ2v) is 6.10. The van der Waals surface area contributed by atoms with Gasteiger partial charge in [-0.1, -0.05) is 40.0 Å². The summed E-state index contributed by atoms with van der Waals surface area (Å²) in [6.45, 7) is 7.65. The van der Waals surface area contributed by atoms with Crippen molar-refractivity contribution in [3.8, 4) is 0 Å². The molecule has 0 fully saturated rings. The van der Waals surface area contributed by atoms with Crippen molar-refractivity contribution in [1.82, 2.24) is 0 Å². The highest BCUT2D eigenvalue weighted by atomic mass is 16.7. The normalized spacial score (nSPS) is 11.4. The number of ether oxygens (including phenoxy) is 2. The highest BCUT2D eigenvalue weighted by molar-refractivity contribution is 5.59. The molecule has 0 aliphatic heterocycles. The van der Waals surface area contributed by atoms with Gasteiger partial charge in [-0.05, 0) is 31.1 Å². The molecule has 0 heterocycles. The zero-order valence-electron chi connectivity index (χ0n) is 12.7. The van der Waals surface area contributed by atoms with Crippen LogP contribution in [0.25, 0.3) is 0 Å². The molecular formula is C15H30O4. The molecule has 0 rings (SSSR count). The van der Waals surface area contributed by atoms with Gasteiger partial charge in [0.25, 0.3) is 0 Å². The van der Waals surface area contributed by atoms with Crippen LogP contribution in [0.5, 0.6) is 0 Å². The first kappa shape index (κ1) is 18.2. The lowest BCUT2D eigenvalue weighted by atomic mass is 9.89. The Morgan fingerprint density at radius 3 is 1.95 bits per heavy atom. The summed E-state index contributed by atoms with van der Waals surface area (Å²) in [5, 5.41) is 8.55. The molecule has 0 aliphatic carbocycles. The van der Waals surface area contributed by atoms with Crippen LogP contribution in [0.3, 0.4) is 0 Å². The zero-order chi connectivity index (χ0) is 14.6. The molecule has 0 atom stereocenters. The first-order valence-electron chi connectivity index (χ1n) is 7.36. The van der Waals surface area contributed by atoms with Crippen LogP contribution in [-0.2, 0) is 9.47 Å². The predicted molar refractivity (Wildman–Crippen MR) is 76.2 cm³/mol. The third-order valence-electron chi connectivity index (χ3n) is 2.81. The molecule has 0 unspecified atom stereocenters. The van der Waals surface area contributed by atoms with Crippen LogP contribution < -0.4 is 0 Å². The lowest BCUT2D eigenvalue weighted by molar-refractivity contribution is 0.0520. The quantitative estimate of drug-likeness (QED) is 0.485. The molecule has 19 heavy (non-hydrogen) atoms. The number of carbonyl (C=O) groups is 1. The van der Waals surface area contributed by atoms with Crippen molar-refractivity contribution in [3.05, 3.63) is 0 Å². The molecule has 0 bridgehead atoms. The van der Waals surface area contributed by atoms with Gasteiger partial charge in [-0.2, -0.15) is 0 Å². The smallest absolute Gasteiger partial charge is 0.434 e. The minimum absolute atomic E-state index is 0.132. The molecule has 0 aliphatic rings. The Morgan fingerprint density at radius 1 is 0.895 bits per heavy atom. The fraction of sp³-hybridized carbons (Fsp3) is 0.933. The van der Waals surface area contributed by atoms with E-state index < -0.39 is 6.16 Å². The van der Waals surface area contributed by atoms with Gasteiger partial charge in [0.15, 0.2) is 0 Å². The van der Waals surface area contributed by atoms with E-state index >= 15 is 0 Å². The van der Waals surface area contributed by atoms with Gasteiger partial charge in [0, 0.05) is 6.61 Å². The Hall–Kier alpha value is -0.770. The number of carbonyl (C=O) groups excluding carboxylic acids is 1. The van der Waals surface area contributed by atoms with Gasteiger partial charge in [0.2, 0.25) is 0 Å². The summed E-state index contributed by atoms with van der Waals surface area (Å²) in [4.78, 5) is 11.1. The summed E-state index contributed by atoms with van der Waals surface area (Å²) < 4.78 is 9.79. The molecular weight excluding hydrogens is 244 g/mol. The number of hydrogen-bond donors (Lipinski definition) is 1. The average Bonchev–Trinajstić information content (AvgIpc) is 2.32. The molecule has 4 heteroatoms. The van der Waals surface area contributed by atoms with Gasteiger partial charge in [-0.3, -0.25) is 0 Å². The highest BCUT2D eigenvalue weighted by Gasteiger charge is 2.08. The van der Waals surface area contributed by atoms with E-state index in [0.717, 1.165) is 12.8 Å². The molecule has 0 saturated carbocycles. The van der Waals surface area contributed by atoms with Crippen molar-refractivity contribution in [2.75, 3.05) is 19.8 Å². The van der Waals surface area contributed by atoms with Gasteiger partial charge in [-0.15, -0.1) is 0 Å². The topological polar surface area (TPSA) is 55.8 Å². The molecule has 114 valence electrons. The largest absolute Gasteiger partial charge is 0.508 e. The van der Waals surface area contributed by atoms with Crippen LogP contribution >= 0.6 is 0 Å². The molecule has 0 aromatic rings. The summed E-state index contributed by atoms with van der Waals surface area (Å²) >= 11 is 0. The van der Waals surface area contributed by atoms with Crippen LogP contribution in [0.4, 0.5) is 4.79 Å². The van der Waals surface area contributed by atoms with E-state index in [4.69, 9.17) is 14.6 Å². The van der Waals surface area contributed by atoms with Crippen LogP contribution in [-0.4, -0.2) is 31.1 Å². The maximum atomic E-state index is 11.1. The van der Waals surface area contributed by atoms with Gasteiger partial charge in [-0.25, -0.2) is 4.79 Å². The molecule has 0 aromatic carbocycles. The summed E-state index contributed by atoms with van der Waals surface area (Å²) in [5.74, 6) is 0. The van der Waals surface area contributed by atoms with Gasteiger partial charge in [0.05, 0.1) is 13.2 Å². The van der Waals surface area contributed by atoms with Gasteiger partial charge < -0.3 is 14.6 Å². The number of aliphatic hydroxyl groups excluding tert-OH is 1. The van der Waals surface area contributed by atoms with Gasteiger partial charge >= 0.3 is 6.16 Å². The van der Waals surface area contributed by atoms with E-state index in [2.05, 4.69) is 20.8 Å². The van der Waals surface area contributed by atoms with E-state index in [9.17, 15) is 4.79 Å². The SMILES string of the molecule is CC(C)(C)CCCCCCOC(=O)OCCCCO. The number of rotatable bonds is 10. The molecule has 0 radical (unpaired) electrons. The third kappa shape index (κ3) is 15.2. The summed E-state index contributed by atoms with van der Waals surface area (Å²) in [7, 11) is 0. The predicted octanol–water partition coefficient (Wildman–Crippen LogP) is 3.91. The van der Waals surface area contributed by atoms with E-state index in [1.54, 1.807) is 0 Å². The first-order valence-corrected chi connectivity index (χ1v) is 7.36. The number of hydrogen-bond acceptors (Lipinski definition) is 4. The summed E-state index contributed by atoms with van der Waals surface area (Å²) in [5.41, 5.74) is 0.412. The molecule has 0 spiro atoms. The second kappa shape index (κ2) is 11.1. The lowest BCUT2D eigenvalue weighted by Gasteiger charge is -2.17. The Labute approximate surface area is 117 Å². The Balaban J connectivity index is 3.23. The standard InChI is InChI=1S/C15H30O4/c1-15(2,3)10-6-4-5-8-12-18-14(17)19-13-9-7-11-16/h16H,4-13H2,1-3H3. The van der Waals surface area contributed by atoms with E-state index in [1.807, 2.05) is 0 Å². The third-order valence-corrected chi connectivity index (χ3v) is 2.81. The fourth-order valence-electron chi connectivity index (χ4n) is 1.68. The second-order valence-electron chi connectivity index (χ2n) is 6.10. The van der Waals surface area contributed by atoms with E-state index in [0.29, 0.717) is 31.5 Å². The minimum Gasteiger partial charge on any atom is -0.434 e. The van der Waals surface area contributed by atoms with Crippen LogP contribution in [0, 0.1) is 5.41 Å². The molecule has 0 saturated heterocycles. The summed E-state index contributed by atoms with van der Waals surface area (Å²) in [6.07, 6.45) is 6.39. The maximum absolute atomic E-state index is 11.1. The molecule has 0 aromatic heterocycles. The van der Waals surface area contributed by atoms with E-state index in [-0.39, 0.29) is 6.61 Å². The first-order chi connectivity index (χ1) is 8.95. The van der Waals surface area contributed by atoms with Gasteiger partial charge in [0.1, 0.15) is 0 Å². The number of unbranched alkanes of at least 4 members (excludes halogenated alkanes) is 4. The maximum Gasteiger partial charge on any atom is 0.508 e. The zero-order valence-corrected chi connectivity index (χ0v) is 12.7. The molecule has 1 N–H and O–H groups in total. The Bertz CT molecular complexity index is 221. The minimum atomic E-state index is -0.590. The van der Waals surface area contributed by atoms with Crippen molar-refractivity contribution in [2.24, 2.45) is 5.41 Å². The summed E-state index contributed by atoms with van der Waals surface area (Å²) in [6, 6.07) is 0.